The third-order valence-electron chi connectivity index (χ3n) is 6.38. The Morgan fingerprint density at radius 3 is 2.77 bits per heavy atom. The third kappa shape index (κ3) is 7.01. The van der Waals surface area contributed by atoms with Crippen LogP contribution in [0.1, 0.15) is 63.4 Å². The Bertz CT molecular complexity index is 790. The summed E-state index contributed by atoms with van der Waals surface area (Å²) in [5, 5.41) is 2.99. The highest BCUT2D eigenvalue weighted by atomic mass is 16.5. The molecule has 1 heterocycles. The molecular weight excluding hydrogens is 392 g/mol. The number of carbonyl (C=O) groups is 2. The first-order valence-corrected chi connectivity index (χ1v) is 11.5. The summed E-state index contributed by atoms with van der Waals surface area (Å²) >= 11 is 0. The molecule has 6 nitrogen and oxygen atoms in total. The van der Waals surface area contributed by atoms with Crippen LogP contribution in [0.3, 0.4) is 0 Å². The highest BCUT2D eigenvalue weighted by molar-refractivity contribution is 5.79. The van der Waals surface area contributed by atoms with E-state index >= 15 is 0 Å². The Morgan fingerprint density at radius 2 is 2.03 bits per heavy atom. The van der Waals surface area contributed by atoms with Gasteiger partial charge in [0, 0.05) is 44.1 Å². The summed E-state index contributed by atoms with van der Waals surface area (Å²) in [4.78, 5) is 27.1. The average Bonchev–Trinajstić information content (AvgIpc) is 2.82. The van der Waals surface area contributed by atoms with Gasteiger partial charge >= 0.3 is 0 Å². The molecule has 1 saturated heterocycles. The van der Waals surface area contributed by atoms with Gasteiger partial charge in [-0.1, -0.05) is 11.6 Å². The van der Waals surface area contributed by atoms with E-state index in [0.29, 0.717) is 31.1 Å². The number of carbonyl (C=O) groups excluding carboxylic acids is 2. The van der Waals surface area contributed by atoms with Crippen LogP contribution in [0.2, 0.25) is 0 Å². The lowest BCUT2D eigenvalue weighted by Crippen LogP contribution is -2.40. The first-order chi connectivity index (χ1) is 15.1. The van der Waals surface area contributed by atoms with E-state index in [0.717, 1.165) is 56.5 Å². The quantitative estimate of drug-likeness (QED) is 0.598. The largest absolute Gasteiger partial charge is 0.497 e. The zero-order valence-corrected chi connectivity index (χ0v) is 19.0. The molecule has 1 aliphatic carbocycles. The minimum Gasteiger partial charge on any atom is -0.497 e. The lowest BCUT2D eigenvalue weighted by molar-refractivity contribution is -0.132. The number of allylic oxidation sites excluding steroid dienone is 1. The molecule has 1 atom stereocenters. The van der Waals surface area contributed by atoms with E-state index in [2.05, 4.69) is 11.4 Å². The second-order valence-electron chi connectivity index (χ2n) is 8.63. The van der Waals surface area contributed by atoms with Crippen LogP contribution in [0.25, 0.3) is 0 Å². The van der Waals surface area contributed by atoms with Crippen LogP contribution >= 0.6 is 0 Å². The normalized spacial score (nSPS) is 18.8. The van der Waals surface area contributed by atoms with E-state index < -0.39 is 0 Å². The highest BCUT2D eigenvalue weighted by Gasteiger charge is 2.24. The van der Waals surface area contributed by atoms with E-state index in [4.69, 9.17) is 9.47 Å². The predicted molar refractivity (Wildman–Crippen MR) is 121 cm³/mol. The summed E-state index contributed by atoms with van der Waals surface area (Å²) in [6, 6.07) is 5.59. The van der Waals surface area contributed by atoms with E-state index in [1.807, 2.05) is 23.1 Å². The molecule has 1 aromatic carbocycles. The van der Waals surface area contributed by atoms with Gasteiger partial charge in [0.05, 0.1) is 14.2 Å². The molecule has 2 amide bonds. The second kappa shape index (κ2) is 11.8. The molecule has 3 rings (SSSR count). The Morgan fingerprint density at radius 1 is 1.16 bits per heavy atom. The Hall–Kier alpha value is -2.50. The van der Waals surface area contributed by atoms with E-state index in [9.17, 15) is 9.59 Å². The molecule has 0 radical (unpaired) electrons. The molecule has 1 N–H and O–H groups in total. The van der Waals surface area contributed by atoms with Gasteiger partial charge in [0.15, 0.2) is 0 Å². The van der Waals surface area contributed by atoms with Gasteiger partial charge < -0.3 is 19.7 Å². The Kier molecular flexibility index (Phi) is 8.80. The fourth-order valence-electron chi connectivity index (χ4n) is 4.51. The van der Waals surface area contributed by atoms with Crippen molar-refractivity contribution in [3.05, 3.63) is 35.4 Å². The SMILES string of the molecule is COc1ccc(CNC(=O)CCC2CCCN(C(=O)CC3=CCCCC3)C2)c(OC)c1. The van der Waals surface area contributed by atoms with Crippen LogP contribution in [0.15, 0.2) is 29.8 Å². The van der Waals surface area contributed by atoms with Gasteiger partial charge in [-0.3, -0.25) is 9.59 Å². The molecular formula is C25H36N2O4. The van der Waals surface area contributed by atoms with Crippen molar-refractivity contribution in [1.29, 1.82) is 0 Å². The molecule has 0 bridgehead atoms. The summed E-state index contributed by atoms with van der Waals surface area (Å²) in [6.07, 6.45) is 10.9. The van der Waals surface area contributed by atoms with Crippen molar-refractivity contribution in [1.82, 2.24) is 10.2 Å². The number of nitrogens with one attached hydrogen (secondary N) is 1. The topological polar surface area (TPSA) is 67.9 Å². The lowest BCUT2D eigenvalue weighted by atomic mass is 9.92. The van der Waals surface area contributed by atoms with Gasteiger partial charge in [-0.2, -0.15) is 0 Å². The van der Waals surface area contributed by atoms with Crippen molar-refractivity contribution in [3.63, 3.8) is 0 Å². The molecule has 0 aromatic heterocycles. The molecule has 6 heteroatoms. The summed E-state index contributed by atoms with van der Waals surface area (Å²) in [7, 11) is 3.23. The van der Waals surface area contributed by atoms with Crippen LogP contribution in [0.4, 0.5) is 0 Å². The number of methoxy groups -OCH3 is 2. The molecule has 2 aliphatic rings. The zero-order valence-electron chi connectivity index (χ0n) is 19.0. The van der Waals surface area contributed by atoms with Crippen LogP contribution < -0.4 is 14.8 Å². The first-order valence-electron chi connectivity index (χ1n) is 11.5. The second-order valence-corrected chi connectivity index (χ2v) is 8.63. The van der Waals surface area contributed by atoms with Crippen molar-refractivity contribution >= 4 is 11.8 Å². The molecule has 0 spiro atoms. The maximum absolute atomic E-state index is 12.7. The summed E-state index contributed by atoms with van der Waals surface area (Å²) in [6.45, 7) is 2.06. The smallest absolute Gasteiger partial charge is 0.226 e. The number of hydrogen-bond donors (Lipinski definition) is 1. The van der Waals surface area contributed by atoms with Crippen molar-refractivity contribution < 1.29 is 19.1 Å². The summed E-state index contributed by atoms with van der Waals surface area (Å²) in [5.41, 5.74) is 2.23. The number of rotatable bonds is 9. The fourth-order valence-corrected chi connectivity index (χ4v) is 4.51. The van der Waals surface area contributed by atoms with Crippen molar-refractivity contribution in [2.24, 2.45) is 5.92 Å². The number of ether oxygens (including phenoxy) is 2. The lowest BCUT2D eigenvalue weighted by Gasteiger charge is -2.33. The molecule has 1 fully saturated rings. The minimum absolute atomic E-state index is 0.0358. The first kappa shape index (κ1) is 23.2. The average molecular weight is 429 g/mol. The Labute approximate surface area is 186 Å². The number of hydrogen-bond acceptors (Lipinski definition) is 4. The number of likely N-dealkylation sites (tertiary alicyclic amines) is 1. The highest BCUT2D eigenvalue weighted by Crippen LogP contribution is 2.26. The maximum Gasteiger partial charge on any atom is 0.226 e. The van der Waals surface area contributed by atoms with Crippen LogP contribution in [-0.4, -0.2) is 44.0 Å². The van der Waals surface area contributed by atoms with E-state index in [1.165, 1.54) is 18.4 Å². The number of amides is 2. The van der Waals surface area contributed by atoms with Crippen LogP contribution in [0, 0.1) is 5.92 Å². The number of benzene rings is 1. The van der Waals surface area contributed by atoms with Crippen LogP contribution in [-0.2, 0) is 16.1 Å². The van der Waals surface area contributed by atoms with Gasteiger partial charge in [0.2, 0.25) is 11.8 Å². The Balaban J connectivity index is 1.41. The van der Waals surface area contributed by atoms with Gasteiger partial charge in [0.1, 0.15) is 11.5 Å². The van der Waals surface area contributed by atoms with Gasteiger partial charge in [0.25, 0.3) is 0 Å². The van der Waals surface area contributed by atoms with Crippen LogP contribution in [0.5, 0.6) is 11.5 Å². The molecule has 31 heavy (non-hydrogen) atoms. The number of nitrogens with zero attached hydrogens (tertiary/aromatic N) is 1. The predicted octanol–water partition coefficient (Wildman–Crippen LogP) is 4.23. The van der Waals surface area contributed by atoms with Crippen molar-refractivity contribution in [3.8, 4) is 11.5 Å². The van der Waals surface area contributed by atoms with Crippen molar-refractivity contribution in [2.75, 3.05) is 27.3 Å². The molecule has 1 aliphatic heterocycles. The monoisotopic (exact) mass is 428 g/mol. The molecule has 1 aromatic rings. The number of piperidine rings is 1. The van der Waals surface area contributed by atoms with Crippen molar-refractivity contribution in [2.45, 2.75) is 64.3 Å². The van der Waals surface area contributed by atoms with E-state index in [1.54, 1.807) is 14.2 Å². The standard InChI is InChI=1S/C25H36N2O4/c1-30-22-12-11-21(23(16-22)31-2)17-26-24(28)13-10-20-9-6-14-27(18-20)25(29)15-19-7-4-3-5-8-19/h7,11-12,16,20H,3-6,8-10,13-15,17-18H2,1-2H3,(H,26,28). The van der Waals surface area contributed by atoms with E-state index in [-0.39, 0.29) is 11.8 Å². The van der Waals surface area contributed by atoms with Gasteiger partial charge in [-0.25, -0.2) is 0 Å². The fraction of sp³-hybridized carbons (Fsp3) is 0.600. The minimum atomic E-state index is 0.0358. The molecule has 170 valence electrons. The van der Waals surface area contributed by atoms with Gasteiger partial charge in [-0.15, -0.1) is 0 Å². The third-order valence-corrected chi connectivity index (χ3v) is 6.38. The molecule has 1 unspecified atom stereocenters. The summed E-state index contributed by atoms with van der Waals surface area (Å²) in [5.74, 6) is 2.12. The summed E-state index contributed by atoms with van der Waals surface area (Å²) < 4.78 is 10.6. The van der Waals surface area contributed by atoms with Gasteiger partial charge in [-0.05, 0) is 63.0 Å². The maximum atomic E-state index is 12.7. The zero-order chi connectivity index (χ0) is 22.1. The molecule has 0 saturated carbocycles.